The van der Waals surface area contributed by atoms with Crippen molar-refractivity contribution in [2.24, 2.45) is 29.1 Å². The molecule has 0 spiro atoms. The number of likely N-dealkylation sites (N-methyl/N-ethyl adjacent to an activating group) is 1. The molecule has 0 heterocycles. The Balaban J connectivity index is 1.63. The van der Waals surface area contributed by atoms with Crippen LogP contribution in [0.4, 0.5) is 0 Å². The van der Waals surface area contributed by atoms with Crippen LogP contribution in [0.3, 0.4) is 0 Å². The molecule has 0 radical (unpaired) electrons. The van der Waals surface area contributed by atoms with Gasteiger partial charge in [0, 0.05) is 19.5 Å². The van der Waals surface area contributed by atoms with Gasteiger partial charge >= 0.3 is 5.97 Å². The highest BCUT2D eigenvalue weighted by atomic mass is 16.5. The Hall–Kier alpha value is -1.59. The Kier molecular flexibility index (Phi) is 5.31. The SMILES string of the molecule is CC(C)[C@@H](NC(=O)C12CC3CC(CC(C3)C1)C2)C(=O)OCC(=O)N(C)C. The van der Waals surface area contributed by atoms with E-state index in [1.165, 1.54) is 24.2 Å². The summed E-state index contributed by atoms with van der Waals surface area (Å²) < 4.78 is 5.16. The molecule has 6 heteroatoms. The van der Waals surface area contributed by atoms with Crippen LogP contribution < -0.4 is 5.32 Å². The van der Waals surface area contributed by atoms with Crippen LogP contribution in [-0.4, -0.2) is 49.4 Å². The molecular formula is C20H32N2O4. The predicted molar refractivity (Wildman–Crippen MR) is 97.0 cm³/mol. The maximum absolute atomic E-state index is 13.2. The number of nitrogens with zero attached hydrogens (tertiary/aromatic N) is 1. The molecule has 0 aromatic rings. The average molecular weight is 364 g/mol. The lowest BCUT2D eigenvalue weighted by Gasteiger charge is -2.55. The molecule has 4 aliphatic carbocycles. The van der Waals surface area contributed by atoms with E-state index in [2.05, 4.69) is 5.32 Å². The standard InChI is InChI=1S/C20H32N2O4/c1-12(2)17(18(24)26-11-16(23)22(3)4)21-19(25)20-8-13-5-14(9-20)7-15(6-13)10-20/h12-15,17H,5-11H2,1-4H3,(H,21,25)/t13?,14?,15?,17-,20?/m1/s1. The van der Waals surface area contributed by atoms with Gasteiger partial charge in [0.15, 0.2) is 6.61 Å². The van der Waals surface area contributed by atoms with Gasteiger partial charge in [-0.15, -0.1) is 0 Å². The molecule has 4 aliphatic rings. The van der Waals surface area contributed by atoms with Crippen molar-refractivity contribution in [2.45, 2.75) is 58.4 Å². The Bertz CT molecular complexity index is 549. The lowest BCUT2D eigenvalue weighted by molar-refractivity contribution is -0.158. The van der Waals surface area contributed by atoms with Crippen molar-refractivity contribution in [3.8, 4) is 0 Å². The van der Waals surface area contributed by atoms with E-state index in [1.807, 2.05) is 13.8 Å². The Labute approximate surface area is 156 Å². The largest absolute Gasteiger partial charge is 0.454 e. The quantitative estimate of drug-likeness (QED) is 0.731. The fourth-order valence-corrected chi connectivity index (χ4v) is 5.53. The molecule has 0 aliphatic heterocycles. The molecule has 0 unspecified atom stereocenters. The molecule has 6 nitrogen and oxygen atoms in total. The van der Waals surface area contributed by atoms with Gasteiger partial charge in [-0.1, -0.05) is 13.8 Å². The summed E-state index contributed by atoms with van der Waals surface area (Å²) in [7, 11) is 3.23. The van der Waals surface area contributed by atoms with Gasteiger partial charge in [-0.2, -0.15) is 0 Å². The van der Waals surface area contributed by atoms with Crippen molar-refractivity contribution in [1.82, 2.24) is 10.2 Å². The highest BCUT2D eigenvalue weighted by molar-refractivity contribution is 5.89. The number of carbonyl (C=O) groups is 3. The van der Waals surface area contributed by atoms with Gasteiger partial charge < -0.3 is 15.0 Å². The van der Waals surface area contributed by atoms with E-state index in [0.717, 1.165) is 19.3 Å². The normalized spacial score (nSPS) is 33.0. The van der Waals surface area contributed by atoms with Crippen molar-refractivity contribution in [3.05, 3.63) is 0 Å². The Morgan fingerprint density at radius 1 is 1.04 bits per heavy atom. The van der Waals surface area contributed by atoms with Crippen LogP contribution >= 0.6 is 0 Å². The summed E-state index contributed by atoms with van der Waals surface area (Å²) in [6.07, 6.45) is 6.70. The van der Waals surface area contributed by atoms with E-state index < -0.39 is 12.0 Å². The smallest absolute Gasteiger partial charge is 0.329 e. The molecule has 146 valence electrons. The minimum atomic E-state index is -0.703. The second-order valence-electron chi connectivity index (χ2n) is 9.29. The van der Waals surface area contributed by atoms with Crippen LogP contribution in [0.5, 0.6) is 0 Å². The number of hydrogen-bond acceptors (Lipinski definition) is 4. The molecule has 4 bridgehead atoms. The second kappa shape index (κ2) is 7.20. The monoisotopic (exact) mass is 364 g/mol. The molecule has 4 rings (SSSR count). The molecule has 4 saturated carbocycles. The predicted octanol–water partition coefficient (Wildman–Crippen LogP) is 1.97. The summed E-state index contributed by atoms with van der Waals surface area (Å²) in [6.45, 7) is 3.49. The van der Waals surface area contributed by atoms with Gasteiger partial charge in [-0.25, -0.2) is 4.79 Å². The van der Waals surface area contributed by atoms with Gasteiger partial charge in [0.1, 0.15) is 6.04 Å². The Morgan fingerprint density at radius 2 is 1.54 bits per heavy atom. The summed E-state index contributed by atoms with van der Waals surface area (Å²) in [5, 5.41) is 2.99. The van der Waals surface area contributed by atoms with Gasteiger partial charge in [0.05, 0.1) is 0 Å². The van der Waals surface area contributed by atoms with Crippen LogP contribution in [0.1, 0.15) is 52.4 Å². The van der Waals surface area contributed by atoms with Crippen LogP contribution in [0.2, 0.25) is 0 Å². The third-order valence-electron chi connectivity index (χ3n) is 6.56. The third kappa shape index (κ3) is 3.74. The number of esters is 1. The summed E-state index contributed by atoms with van der Waals surface area (Å²) in [5.74, 6) is 1.17. The van der Waals surface area contributed by atoms with E-state index in [0.29, 0.717) is 17.8 Å². The van der Waals surface area contributed by atoms with E-state index in [9.17, 15) is 14.4 Å². The number of nitrogens with one attached hydrogen (secondary N) is 1. The van der Waals surface area contributed by atoms with Gasteiger partial charge in [-0.3, -0.25) is 9.59 Å². The summed E-state index contributed by atoms with van der Waals surface area (Å²) in [5.41, 5.74) is -0.290. The van der Waals surface area contributed by atoms with E-state index >= 15 is 0 Å². The highest BCUT2D eigenvalue weighted by Gasteiger charge is 2.55. The summed E-state index contributed by atoms with van der Waals surface area (Å²) in [6, 6.07) is -0.703. The van der Waals surface area contributed by atoms with Crippen molar-refractivity contribution >= 4 is 17.8 Å². The lowest BCUT2D eigenvalue weighted by atomic mass is 9.49. The van der Waals surface area contributed by atoms with Crippen LogP contribution in [0, 0.1) is 29.1 Å². The lowest BCUT2D eigenvalue weighted by Crippen LogP contribution is -2.57. The Morgan fingerprint density at radius 3 is 1.96 bits per heavy atom. The topological polar surface area (TPSA) is 75.7 Å². The zero-order valence-electron chi connectivity index (χ0n) is 16.4. The van der Waals surface area contributed by atoms with Crippen molar-refractivity contribution < 1.29 is 19.1 Å². The van der Waals surface area contributed by atoms with Gasteiger partial charge in [0.2, 0.25) is 5.91 Å². The molecule has 1 atom stereocenters. The van der Waals surface area contributed by atoms with E-state index in [4.69, 9.17) is 4.74 Å². The van der Waals surface area contributed by atoms with Gasteiger partial charge in [0.25, 0.3) is 5.91 Å². The second-order valence-corrected chi connectivity index (χ2v) is 9.29. The number of rotatable bonds is 6. The summed E-state index contributed by atoms with van der Waals surface area (Å²) in [4.78, 5) is 38.7. The number of amides is 2. The molecule has 2 amide bonds. The molecule has 4 fully saturated rings. The first kappa shape index (κ1) is 19.2. The van der Waals surface area contributed by atoms with Crippen molar-refractivity contribution in [2.75, 3.05) is 20.7 Å². The zero-order valence-corrected chi connectivity index (χ0v) is 16.4. The number of carbonyl (C=O) groups excluding carboxylic acids is 3. The fraction of sp³-hybridized carbons (Fsp3) is 0.850. The van der Waals surface area contributed by atoms with Crippen LogP contribution in [0.25, 0.3) is 0 Å². The van der Waals surface area contributed by atoms with Crippen molar-refractivity contribution in [3.63, 3.8) is 0 Å². The molecule has 0 saturated heterocycles. The van der Waals surface area contributed by atoms with Gasteiger partial charge in [-0.05, 0) is 62.2 Å². The summed E-state index contributed by atoms with van der Waals surface area (Å²) >= 11 is 0. The average Bonchev–Trinajstić information content (AvgIpc) is 2.55. The molecule has 0 aromatic heterocycles. The highest BCUT2D eigenvalue weighted by Crippen LogP contribution is 2.60. The number of hydrogen-bond donors (Lipinski definition) is 1. The molecular weight excluding hydrogens is 332 g/mol. The van der Waals surface area contributed by atoms with Crippen LogP contribution in [-0.2, 0) is 19.1 Å². The zero-order chi connectivity index (χ0) is 19.1. The van der Waals surface area contributed by atoms with Crippen molar-refractivity contribution in [1.29, 1.82) is 0 Å². The van der Waals surface area contributed by atoms with Crippen LogP contribution in [0.15, 0.2) is 0 Å². The first-order chi connectivity index (χ1) is 12.2. The fourth-order valence-electron chi connectivity index (χ4n) is 5.53. The third-order valence-corrected chi connectivity index (χ3v) is 6.56. The minimum absolute atomic E-state index is 0.0196. The molecule has 26 heavy (non-hydrogen) atoms. The first-order valence-corrected chi connectivity index (χ1v) is 9.88. The molecule has 0 aromatic carbocycles. The van der Waals surface area contributed by atoms with E-state index in [1.54, 1.807) is 14.1 Å². The maximum Gasteiger partial charge on any atom is 0.329 e. The van der Waals surface area contributed by atoms with E-state index in [-0.39, 0.29) is 29.8 Å². The number of ether oxygens (including phenoxy) is 1. The molecule has 1 N–H and O–H groups in total. The minimum Gasteiger partial charge on any atom is -0.454 e. The maximum atomic E-state index is 13.2. The first-order valence-electron chi connectivity index (χ1n) is 9.88.